The molecule has 1 aliphatic heterocycles. The van der Waals surface area contributed by atoms with E-state index in [0.717, 1.165) is 16.7 Å². The molecular formula is C22H17ClN4O3. The molecule has 30 heavy (non-hydrogen) atoms. The van der Waals surface area contributed by atoms with Crippen molar-refractivity contribution < 1.29 is 14.3 Å². The number of aromatic nitrogens is 3. The van der Waals surface area contributed by atoms with Crippen molar-refractivity contribution in [3.63, 3.8) is 0 Å². The lowest BCUT2D eigenvalue weighted by molar-refractivity contribution is -0.382. The number of nitrogens with zero attached hydrogens (tertiary/aromatic N) is 3. The largest absolute Gasteiger partial charge is 0.321 e. The predicted molar refractivity (Wildman–Crippen MR) is 112 cm³/mol. The Morgan fingerprint density at radius 3 is 2.67 bits per heavy atom. The van der Waals surface area contributed by atoms with Crippen molar-refractivity contribution in [1.82, 2.24) is 14.6 Å². The van der Waals surface area contributed by atoms with E-state index in [9.17, 15) is 4.79 Å². The number of fused-ring (bicyclic) bond motifs is 1. The number of hydrogen-bond acceptors (Lipinski definition) is 5. The molecule has 5 rings (SSSR count). The van der Waals surface area contributed by atoms with Crippen LogP contribution >= 0.6 is 11.6 Å². The molecule has 8 heteroatoms. The van der Waals surface area contributed by atoms with Crippen molar-refractivity contribution in [2.24, 2.45) is 0 Å². The van der Waals surface area contributed by atoms with Crippen LogP contribution in [0.2, 0.25) is 5.02 Å². The maximum absolute atomic E-state index is 12.7. The van der Waals surface area contributed by atoms with E-state index < -0.39 is 0 Å². The zero-order chi connectivity index (χ0) is 20.7. The third-order valence-electron chi connectivity index (χ3n) is 4.81. The summed E-state index contributed by atoms with van der Waals surface area (Å²) in [5, 5.41) is 7.79. The van der Waals surface area contributed by atoms with Gasteiger partial charge in [0.2, 0.25) is 0 Å². The Labute approximate surface area is 177 Å². The SMILES string of the molecule is CC1OC(c2ccc(NC(=O)c3ccn4ncc(-c5cccc(Cl)c5)c4n3)cc2)O1. The first kappa shape index (κ1) is 18.7. The Balaban J connectivity index is 1.38. The standard InChI is InChI=1S/C22H17ClN4O3/c1-13-29-22(30-13)14-5-7-17(8-6-14)25-21(28)19-9-10-27-20(26-19)18(12-24-27)15-3-2-4-16(23)11-15/h2-13,22H,1H3,(H,25,28). The van der Waals surface area contributed by atoms with Gasteiger partial charge in [-0.05, 0) is 42.8 Å². The first-order valence-electron chi connectivity index (χ1n) is 9.39. The molecule has 0 radical (unpaired) electrons. The van der Waals surface area contributed by atoms with Gasteiger partial charge < -0.3 is 14.8 Å². The molecule has 0 saturated carbocycles. The number of rotatable bonds is 4. The van der Waals surface area contributed by atoms with Crippen LogP contribution in [0.1, 0.15) is 29.3 Å². The smallest absolute Gasteiger partial charge is 0.274 e. The number of nitrogens with one attached hydrogen (secondary N) is 1. The van der Waals surface area contributed by atoms with Crippen LogP contribution in [0.15, 0.2) is 67.0 Å². The minimum atomic E-state index is -0.347. The Morgan fingerprint density at radius 1 is 1.13 bits per heavy atom. The van der Waals surface area contributed by atoms with Gasteiger partial charge in [0.1, 0.15) is 5.69 Å². The molecule has 0 bridgehead atoms. The van der Waals surface area contributed by atoms with Crippen LogP contribution in [0.4, 0.5) is 5.69 Å². The first-order valence-corrected chi connectivity index (χ1v) is 9.77. The molecule has 7 nitrogen and oxygen atoms in total. The van der Waals surface area contributed by atoms with Gasteiger partial charge in [0.15, 0.2) is 18.2 Å². The van der Waals surface area contributed by atoms with E-state index in [1.54, 1.807) is 41.2 Å². The van der Waals surface area contributed by atoms with E-state index in [4.69, 9.17) is 21.1 Å². The van der Waals surface area contributed by atoms with Gasteiger partial charge in [0, 0.05) is 28.0 Å². The van der Waals surface area contributed by atoms with E-state index in [0.29, 0.717) is 16.4 Å². The summed E-state index contributed by atoms with van der Waals surface area (Å²) in [7, 11) is 0. The van der Waals surface area contributed by atoms with Crippen LogP contribution in [0.5, 0.6) is 0 Å². The molecule has 1 N–H and O–H groups in total. The van der Waals surface area contributed by atoms with E-state index in [-0.39, 0.29) is 24.2 Å². The molecule has 1 amide bonds. The molecule has 0 spiro atoms. The maximum Gasteiger partial charge on any atom is 0.274 e. The third-order valence-corrected chi connectivity index (χ3v) is 5.04. The summed E-state index contributed by atoms with van der Waals surface area (Å²) in [4.78, 5) is 17.3. The number of halogens is 1. The summed E-state index contributed by atoms with van der Waals surface area (Å²) in [6.45, 7) is 1.84. The van der Waals surface area contributed by atoms with Gasteiger partial charge in [-0.25, -0.2) is 9.50 Å². The van der Waals surface area contributed by atoms with Crippen molar-refractivity contribution in [3.8, 4) is 11.1 Å². The Hall–Kier alpha value is -3.26. The average molecular weight is 421 g/mol. The fourth-order valence-corrected chi connectivity index (χ4v) is 3.48. The lowest BCUT2D eigenvalue weighted by atomic mass is 10.1. The monoisotopic (exact) mass is 420 g/mol. The summed E-state index contributed by atoms with van der Waals surface area (Å²) in [5.41, 5.74) is 4.10. The van der Waals surface area contributed by atoms with Gasteiger partial charge in [0.25, 0.3) is 5.91 Å². The third kappa shape index (κ3) is 3.54. The Morgan fingerprint density at radius 2 is 1.93 bits per heavy atom. The second-order valence-corrected chi connectivity index (χ2v) is 7.33. The van der Waals surface area contributed by atoms with E-state index in [1.165, 1.54) is 0 Å². The summed E-state index contributed by atoms with van der Waals surface area (Å²) >= 11 is 6.11. The normalized spacial score (nSPS) is 18.2. The number of carbonyl (C=O) groups excluding carboxylic acids is 1. The first-order chi connectivity index (χ1) is 14.6. The Bertz CT molecular complexity index is 1230. The quantitative estimate of drug-likeness (QED) is 0.518. The highest BCUT2D eigenvalue weighted by Crippen LogP contribution is 2.32. The van der Waals surface area contributed by atoms with Gasteiger partial charge >= 0.3 is 0 Å². The van der Waals surface area contributed by atoms with E-state index >= 15 is 0 Å². The highest BCUT2D eigenvalue weighted by molar-refractivity contribution is 6.30. The van der Waals surface area contributed by atoms with Crippen LogP contribution in [-0.4, -0.2) is 26.8 Å². The molecule has 0 aliphatic carbocycles. The Kier molecular flexibility index (Phi) is 4.71. The van der Waals surface area contributed by atoms with Crippen LogP contribution in [0, 0.1) is 0 Å². The second-order valence-electron chi connectivity index (χ2n) is 6.90. The predicted octanol–water partition coefficient (Wildman–Crippen LogP) is 4.69. The van der Waals surface area contributed by atoms with Gasteiger partial charge in [-0.2, -0.15) is 5.10 Å². The van der Waals surface area contributed by atoms with Crippen molar-refractivity contribution >= 4 is 28.8 Å². The molecule has 2 aromatic carbocycles. The fourth-order valence-electron chi connectivity index (χ4n) is 3.29. The van der Waals surface area contributed by atoms with Crippen molar-refractivity contribution in [1.29, 1.82) is 0 Å². The minimum Gasteiger partial charge on any atom is -0.321 e. The lowest BCUT2D eigenvalue weighted by Crippen LogP contribution is -2.31. The van der Waals surface area contributed by atoms with Crippen molar-refractivity contribution in [2.45, 2.75) is 19.5 Å². The van der Waals surface area contributed by atoms with Gasteiger partial charge in [-0.3, -0.25) is 4.79 Å². The zero-order valence-corrected chi connectivity index (χ0v) is 16.7. The molecular weight excluding hydrogens is 404 g/mol. The van der Waals surface area contributed by atoms with Crippen molar-refractivity contribution in [3.05, 3.63) is 83.3 Å². The van der Waals surface area contributed by atoms with E-state index in [2.05, 4.69) is 15.4 Å². The zero-order valence-electron chi connectivity index (χ0n) is 15.9. The average Bonchev–Trinajstić information content (AvgIpc) is 3.15. The van der Waals surface area contributed by atoms with Gasteiger partial charge in [-0.1, -0.05) is 35.9 Å². The number of amides is 1. The van der Waals surface area contributed by atoms with Gasteiger partial charge in [0.05, 0.1) is 6.20 Å². The van der Waals surface area contributed by atoms with Gasteiger partial charge in [-0.15, -0.1) is 0 Å². The molecule has 150 valence electrons. The summed E-state index contributed by atoms with van der Waals surface area (Å²) in [6, 6.07) is 16.4. The number of hydrogen-bond donors (Lipinski definition) is 1. The molecule has 1 saturated heterocycles. The minimum absolute atomic E-state index is 0.185. The summed E-state index contributed by atoms with van der Waals surface area (Å²) in [6.07, 6.45) is 2.89. The molecule has 2 aromatic heterocycles. The molecule has 4 aromatic rings. The molecule has 0 atom stereocenters. The summed E-state index contributed by atoms with van der Waals surface area (Å²) < 4.78 is 12.6. The molecule has 0 unspecified atom stereocenters. The number of anilines is 1. The number of benzene rings is 2. The molecule has 1 fully saturated rings. The summed E-state index contributed by atoms with van der Waals surface area (Å²) in [5.74, 6) is -0.312. The highest BCUT2D eigenvalue weighted by atomic mass is 35.5. The molecule has 1 aliphatic rings. The van der Waals surface area contributed by atoms with E-state index in [1.807, 2.05) is 37.3 Å². The van der Waals surface area contributed by atoms with Crippen LogP contribution < -0.4 is 5.32 Å². The maximum atomic E-state index is 12.7. The van der Waals surface area contributed by atoms with Crippen LogP contribution in [0.3, 0.4) is 0 Å². The van der Waals surface area contributed by atoms with Crippen LogP contribution in [0.25, 0.3) is 16.8 Å². The van der Waals surface area contributed by atoms with Crippen LogP contribution in [-0.2, 0) is 9.47 Å². The topological polar surface area (TPSA) is 77.8 Å². The molecule has 3 heterocycles. The number of ether oxygens (including phenoxy) is 2. The lowest BCUT2D eigenvalue weighted by Gasteiger charge is -2.33. The van der Waals surface area contributed by atoms with Crippen molar-refractivity contribution in [2.75, 3.05) is 5.32 Å². The fraction of sp³-hybridized carbons (Fsp3) is 0.136. The second kappa shape index (κ2) is 7.53. The highest BCUT2D eigenvalue weighted by Gasteiger charge is 2.28. The number of carbonyl (C=O) groups is 1.